The first-order valence-corrected chi connectivity index (χ1v) is 16.7. The number of hydrogen-bond acceptors (Lipinski definition) is 6. The van der Waals surface area contributed by atoms with Crippen LogP contribution >= 0.6 is 0 Å². The Labute approximate surface area is 255 Å². The van der Waals surface area contributed by atoms with Crippen molar-refractivity contribution in [3.63, 3.8) is 0 Å². The van der Waals surface area contributed by atoms with Gasteiger partial charge in [0.1, 0.15) is 0 Å². The number of nitrogens with zero attached hydrogens (tertiary/aromatic N) is 2. The van der Waals surface area contributed by atoms with Crippen LogP contribution < -0.4 is 14.9 Å². The number of benzene rings is 2. The molecule has 2 heterocycles. The van der Waals surface area contributed by atoms with Crippen LogP contribution in [0.3, 0.4) is 0 Å². The maximum Gasteiger partial charge on any atom is 0.290 e. The van der Waals surface area contributed by atoms with Crippen molar-refractivity contribution >= 4 is 39.0 Å². The Morgan fingerprint density at radius 1 is 1.09 bits per heavy atom. The summed E-state index contributed by atoms with van der Waals surface area (Å²) in [6.45, 7) is 7.17. The summed E-state index contributed by atoms with van der Waals surface area (Å²) in [5, 5.41) is 25.7. The molecule has 3 aromatic rings. The van der Waals surface area contributed by atoms with E-state index in [1.807, 2.05) is 49.5 Å². The van der Waals surface area contributed by atoms with Crippen molar-refractivity contribution in [1.29, 1.82) is 0 Å². The Balaban J connectivity index is 0.00000162. The lowest BCUT2D eigenvalue weighted by molar-refractivity contribution is -0.122. The van der Waals surface area contributed by atoms with Crippen LogP contribution in [0.4, 0.5) is 5.69 Å². The summed E-state index contributed by atoms with van der Waals surface area (Å²) in [6.07, 6.45) is 6.30. The van der Waals surface area contributed by atoms with Crippen molar-refractivity contribution in [2.45, 2.75) is 84.0 Å². The topological polar surface area (TPSA) is 141 Å². The molecule has 0 radical (unpaired) electrons. The van der Waals surface area contributed by atoms with E-state index in [9.17, 15) is 18.3 Å². The van der Waals surface area contributed by atoms with E-state index < -0.39 is 22.2 Å². The van der Waals surface area contributed by atoms with Crippen molar-refractivity contribution in [1.82, 2.24) is 15.2 Å². The largest absolute Gasteiger partial charge is 0.483 e. The van der Waals surface area contributed by atoms with Gasteiger partial charge in [-0.05, 0) is 55.9 Å². The highest BCUT2D eigenvalue weighted by Crippen LogP contribution is 2.37. The minimum absolute atomic E-state index is 0.0257. The maximum absolute atomic E-state index is 13.8. The summed E-state index contributed by atoms with van der Waals surface area (Å²) in [5.41, 5.74) is 3.73. The molecule has 0 saturated carbocycles. The summed E-state index contributed by atoms with van der Waals surface area (Å²) in [4.78, 5) is 22.1. The maximum atomic E-state index is 13.8. The molecule has 1 amide bonds. The van der Waals surface area contributed by atoms with Gasteiger partial charge in [0, 0.05) is 43.3 Å². The van der Waals surface area contributed by atoms with E-state index in [1.54, 1.807) is 13.1 Å². The van der Waals surface area contributed by atoms with Crippen LogP contribution in [0.15, 0.2) is 48.7 Å². The summed E-state index contributed by atoms with van der Waals surface area (Å²) >= 11 is 0. The third kappa shape index (κ3) is 8.58. The first-order valence-electron chi connectivity index (χ1n) is 15.1. The predicted molar refractivity (Wildman–Crippen MR) is 171 cm³/mol. The lowest BCUT2D eigenvalue weighted by Crippen LogP contribution is -2.50. The SMILES string of the molecule is CCCC(CCC)NC[C@@H](O)[C@H](Cc1ccccc1)NC(=O)c1cc2c3c(cn(CC)c3c1)CCS(=O)(=O)N2C.O=CO. The van der Waals surface area contributed by atoms with E-state index in [0.717, 1.165) is 47.7 Å². The standard InChI is InChI=1S/C31H44N4O4S.CH2O2/c1-5-11-25(12-6-2)32-20-29(36)26(17-22-13-9-8-10-14-22)33-31(37)24-18-27-30-23(15-16-40(38,39)34(27)4)21-35(7-3)28(30)19-24;2-1-3/h8-10,13-14,18-19,21,25-26,29,32,36H,5-7,11-12,15-17,20H2,1-4H3,(H,33,37);1H,(H,2,3)/t26-,29+;/m0./s1. The zero-order valence-electron chi connectivity index (χ0n) is 25.6. The molecule has 1 aliphatic heterocycles. The molecule has 11 heteroatoms. The van der Waals surface area contributed by atoms with Gasteiger partial charge in [-0.15, -0.1) is 0 Å². The van der Waals surface area contributed by atoms with Crippen molar-refractivity contribution in [3.8, 4) is 0 Å². The first-order chi connectivity index (χ1) is 20.6. The second kappa shape index (κ2) is 15.9. The van der Waals surface area contributed by atoms with Gasteiger partial charge in [-0.1, -0.05) is 57.0 Å². The number of rotatable bonds is 13. The van der Waals surface area contributed by atoms with Crippen molar-refractivity contribution < 1.29 is 28.2 Å². The Kier molecular flexibility index (Phi) is 12.6. The highest BCUT2D eigenvalue weighted by molar-refractivity contribution is 7.92. The third-order valence-corrected chi connectivity index (χ3v) is 9.75. The number of carbonyl (C=O) groups is 2. The number of carboxylic acid groups (broad SMARTS) is 1. The molecule has 0 fully saturated rings. The molecular formula is C32H46N4O6S. The van der Waals surface area contributed by atoms with Crippen LogP contribution in [0.1, 0.15) is 67.9 Å². The van der Waals surface area contributed by atoms with Gasteiger partial charge in [0.15, 0.2) is 0 Å². The number of sulfonamides is 1. The van der Waals surface area contributed by atoms with Gasteiger partial charge in [-0.2, -0.15) is 0 Å². The molecular weight excluding hydrogens is 568 g/mol. The fourth-order valence-electron chi connectivity index (χ4n) is 5.72. The fraction of sp³-hybridized carbons (Fsp3) is 0.500. The number of hydrogen-bond donors (Lipinski definition) is 4. The summed E-state index contributed by atoms with van der Waals surface area (Å²) < 4.78 is 29.2. The van der Waals surface area contributed by atoms with E-state index in [0.29, 0.717) is 43.2 Å². The zero-order valence-corrected chi connectivity index (χ0v) is 26.4. The van der Waals surface area contributed by atoms with Gasteiger partial charge >= 0.3 is 0 Å². The first kappa shape index (κ1) is 34.1. The number of aromatic nitrogens is 1. The van der Waals surface area contributed by atoms with Crippen LogP contribution in [0, 0.1) is 0 Å². The monoisotopic (exact) mass is 614 g/mol. The van der Waals surface area contributed by atoms with Crippen molar-refractivity contribution in [2.24, 2.45) is 0 Å². The fourth-order valence-corrected chi connectivity index (χ4v) is 6.92. The number of aliphatic hydroxyl groups excluding tert-OH is 1. The second-order valence-electron chi connectivity index (χ2n) is 11.0. The van der Waals surface area contributed by atoms with Gasteiger partial charge in [0.05, 0.1) is 29.1 Å². The molecule has 4 rings (SSSR count). The van der Waals surface area contributed by atoms with Gasteiger partial charge in [0.2, 0.25) is 10.0 Å². The number of aliphatic hydroxyl groups is 1. The van der Waals surface area contributed by atoms with Gasteiger partial charge in [0.25, 0.3) is 12.4 Å². The van der Waals surface area contributed by atoms with Crippen molar-refractivity contribution in [2.75, 3.05) is 23.7 Å². The average Bonchev–Trinajstić information content (AvgIpc) is 3.32. The molecule has 2 aromatic carbocycles. The van der Waals surface area contributed by atoms with Crippen LogP contribution in [-0.2, 0) is 34.2 Å². The van der Waals surface area contributed by atoms with Crippen LogP contribution in [0.2, 0.25) is 0 Å². The molecule has 43 heavy (non-hydrogen) atoms. The molecule has 0 bridgehead atoms. The van der Waals surface area contributed by atoms with Gasteiger partial charge in [-0.25, -0.2) is 8.42 Å². The molecule has 10 nitrogen and oxygen atoms in total. The Hall–Kier alpha value is -3.41. The van der Waals surface area contributed by atoms with Gasteiger partial charge < -0.3 is 25.4 Å². The predicted octanol–water partition coefficient (Wildman–Crippen LogP) is 3.94. The molecule has 236 valence electrons. The molecule has 0 spiro atoms. The molecule has 0 aliphatic carbocycles. The number of carbonyl (C=O) groups excluding carboxylic acids is 1. The number of anilines is 1. The van der Waals surface area contributed by atoms with Crippen LogP contribution in [-0.4, -0.2) is 73.1 Å². The Morgan fingerprint density at radius 3 is 2.35 bits per heavy atom. The van der Waals surface area contributed by atoms with Crippen molar-refractivity contribution in [3.05, 3.63) is 65.4 Å². The second-order valence-corrected chi connectivity index (χ2v) is 13.1. The van der Waals surface area contributed by atoms with E-state index in [2.05, 4.69) is 29.0 Å². The lowest BCUT2D eigenvalue weighted by atomic mass is 9.99. The quantitative estimate of drug-likeness (QED) is 0.214. The molecule has 4 N–H and O–H groups in total. The lowest BCUT2D eigenvalue weighted by Gasteiger charge is -2.27. The number of aryl methyl sites for hydroxylation is 2. The normalized spacial score (nSPS) is 15.3. The minimum atomic E-state index is -3.50. The Bertz CT molecular complexity index is 1450. The number of nitrogens with one attached hydrogen (secondary N) is 2. The van der Waals surface area contributed by atoms with E-state index in [4.69, 9.17) is 9.90 Å². The highest BCUT2D eigenvalue weighted by Gasteiger charge is 2.30. The van der Waals surface area contributed by atoms with Crippen LogP contribution in [0.25, 0.3) is 10.9 Å². The Morgan fingerprint density at radius 2 is 1.74 bits per heavy atom. The van der Waals surface area contributed by atoms with E-state index in [1.165, 1.54) is 4.31 Å². The molecule has 1 aliphatic rings. The highest BCUT2D eigenvalue weighted by atomic mass is 32.2. The molecule has 2 atom stereocenters. The van der Waals surface area contributed by atoms with E-state index in [-0.39, 0.29) is 18.1 Å². The number of amides is 1. The smallest absolute Gasteiger partial charge is 0.290 e. The summed E-state index contributed by atoms with van der Waals surface area (Å²) in [6, 6.07) is 13.1. The van der Waals surface area contributed by atoms with Gasteiger partial charge in [-0.3, -0.25) is 13.9 Å². The van der Waals surface area contributed by atoms with E-state index >= 15 is 0 Å². The summed E-state index contributed by atoms with van der Waals surface area (Å²) in [5.74, 6) is -0.310. The molecule has 1 aromatic heterocycles. The average molecular weight is 615 g/mol. The molecule has 0 saturated heterocycles. The minimum Gasteiger partial charge on any atom is -0.483 e. The summed E-state index contributed by atoms with van der Waals surface area (Å²) in [7, 11) is -1.95. The molecule has 0 unspecified atom stereocenters. The van der Waals surface area contributed by atoms with Crippen LogP contribution in [0.5, 0.6) is 0 Å². The zero-order chi connectivity index (χ0) is 31.6. The third-order valence-electron chi connectivity index (χ3n) is 8.00.